The summed E-state index contributed by atoms with van der Waals surface area (Å²) in [5, 5.41) is 3.47. The molecule has 0 atom stereocenters. The second-order valence-corrected chi connectivity index (χ2v) is 4.16. The number of thiazole rings is 1. The SMILES string of the molecule is CCCCC(=O)Nc1ncc(C)s1. The van der Waals surface area contributed by atoms with Gasteiger partial charge in [0.25, 0.3) is 0 Å². The summed E-state index contributed by atoms with van der Waals surface area (Å²) in [6.45, 7) is 4.04. The molecule has 0 aromatic carbocycles. The number of amides is 1. The van der Waals surface area contributed by atoms with Crippen LogP contribution in [0, 0.1) is 6.92 Å². The molecule has 0 spiro atoms. The number of anilines is 1. The van der Waals surface area contributed by atoms with E-state index >= 15 is 0 Å². The molecule has 0 fully saturated rings. The Hall–Kier alpha value is -0.900. The van der Waals surface area contributed by atoms with E-state index in [9.17, 15) is 4.79 Å². The molecule has 0 unspecified atom stereocenters. The molecule has 3 nitrogen and oxygen atoms in total. The van der Waals surface area contributed by atoms with E-state index in [0.717, 1.165) is 17.7 Å². The van der Waals surface area contributed by atoms with Crippen LogP contribution in [0.5, 0.6) is 0 Å². The number of nitrogens with one attached hydrogen (secondary N) is 1. The first-order chi connectivity index (χ1) is 6.22. The molecule has 1 heterocycles. The summed E-state index contributed by atoms with van der Waals surface area (Å²) in [4.78, 5) is 16.4. The smallest absolute Gasteiger partial charge is 0.226 e. The summed E-state index contributed by atoms with van der Waals surface area (Å²) in [6.07, 6.45) is 4.34. The van der Waals surface area contributed by atoms with Gasteiger partial charge in [-0.1, -0.05) is 13.3 Å². The number of hydrogen-bond donors (Lipinski definition) is 1. The van der Waals surface area contributed by atoms with Gasteiger partial charge in [-0.25, -0.2) is 4.98 Å². The number of rotatable bonds is 4. The quantitative estimate of drug-likeness (QED) is 0.808. The average Bonchev–Trinajstić information content (AvgIpc) is 2.48. The van der Waals surface area contributed by atoms with E-state index in [1.807, 2.05) is 6.92 Å². The van der Waals surface area contributed by atoms with E-state index in [2.05, 4.69) is 17.2 Å². The normalized spacial score (nSPS) is 10.0. The third kappa shape index (κ3) is 3.55. The zero-order valence-electron chi connectivity index (χ0n) is 7.96. The first kappa shape index (κ1) is 10.2. The van der Waals surface area contributed by atoms with Gasteiger partial charge in [-0.15, -0.1) is 11.3 Å². The van der Waals surface area contributed by atoms with Gasteiger partial charge in [-0.05, 0) is 13.3 Å². The number of nitrogens with zero attached hydrogens (tertiary/aromatic N) is 1. The zero-order valence-corrected chi connectivity index (χ0v) is 8.78. The predicted octanol–water partition coefficient (Wildman–Crippen LogP) is 2.58. The van der Waals surface area contributed by atoms with Crippen molar-refractivity contribution in [3.63, 3.8) is 0 Å². The van der Waals surface area contributed by atoms with Crippen molar-refractivity contribution in [2.24, 2.45) is 0 Å². The van der Waals surface area contributed by atoms with E-state index in [1.165, 1.54) is 11.3 Å². The molecule has 13 heavy (non-hydrogen) atoms. The van der Waals surface area contributed by atoms with Gasteiger partial charge in [-0.3, -0.25) is 4.79 Å². The standard InChI is InChI=1S/C9H14N2OS/c1-3-4-5-8(12)11-9-10-6-7(2)13-9/h6H,3-5H2,1-2H3,(H,10,11,12). The zero-order chi connectivity index (χ0) is 9.68. The van der Waals surface area contributed by atoms with Crippen molar-refractivity contribution in [2.75, 3.05) is 5.32 Å². The number of aryl methyl sites for hydroxylation is 1. The van der Waals surface area contributed by atoms with Crippen LogP contribution in [0.4, 0.5) is 5.13 Å². The highest BCUT2D eigenvalue weighted by molar-refractivity contribution is 7.15. The first-order valence-corrected chi connectivity index (χ1v) is 5.26. The number of aromatic nitrogens is 1. The molecule has 0 aliphatic carbocycles. The van der Waals surface area contributed by atoms with E-state index < -0.39 is 0 Å². The minimum Gasteiger partial charge on any atom is -0.302 e. The molecule has 0 aliphatic rings. The van der Waals surface area contributed by atoms with Crippen molar-refractivity contribution in [2.45, 2.75) is 33.1 Å². The Labute approximate surface area is 82.2 Å². The number of unbranched alkanes of at least 4 members (excludes halogenated alkanes) is 1. The Bertz CT molecular complexity index is 283. The number of hydrogen-bond acceptors (Lipinski definition) is 3. The van der Waals surface area contributed by atoms with Gasteiger partial charge in [0, 0.05) is 17.5 Å². The van der Waals surface area contributed by atoms with Gasteiger partial charge >= 0.3 is 0 Å². The summed E-state index contributed by atoms with van der Waals surface area (Å²) in [7, 11) is 0. The lowest BCUT2D eigenvalue weighted by atomic mass is 10.2. The molecule has 0 bridgehead atoms. The van der Waals surface area contributed by atoms with E-state index in [4.69, 9.17) is 0 Å². The van der Waals surface area contributed by atoms with Crippen LogP contribution in [0.3, 0.4) is 0 Å². The van der Waals surface area contributed by atoms with Crippen LogP contribution in [0.25, 0.3) is 0 Å². The van der Waals surface area contributed by atoms with Gasteiger partial charge in [0.15, 0.2) is 5.13 Å². The summed E-state index contributed by atoms with van der Waals surface area (Å²) in [5.41, 5.74) is 0. The van der Waals surface area contributed by atoms with Crippen LogP contribution >= 0.6 is 11.3 Å². The Kier molecular flexibility index (Phi) is 3.89. The molecule has 0 saturated heterocycles. The largest absolute Gasteiger partial charge is 0.302 e. The van der Waals surface area contributed by atoms with Crippen molar-refractivity contribution in [1.82, 2.24) is 4.98 Å². The third-order valence-electron chi connectivity index (χ3n) is 1.63. The summed E-state index contributed by atoms with van der Waals surface area (Å²) < 4.78 is 0. The maximum atomic E-state index is 11.2. The van der Waals surface area contributed by atoms with Crippen molar-refractivity contribution in [3.8, 4) is 0 Å². The van der Waals surface area contributed by atoms with Crippen molar-refractivity contribution < 1.29 is 4.79 Å². The van der Waals surface area contributed by atoms with E-state index in [-0.39, 0.29) is 5.91 Å². The highest BCUT2D eigenvalue weighted by Crippen LogP contribution is 2.16. The van der Waals surface area contributed by atoms with Crippen molar-refractivity contribution >= 4 is 22.4 Å². The number of carbonyl (C=O) groups excluding carboxylic acids is 1. The fraction of sp³-hybridized carbons (Fsp3) is 0.556. The molecule has 1 rings (SSSR count). The molecule has 0 aliphatic heterocycles. The predicted molar refractivity (Wildman–Crippen MR) is 55.0 cm³/mol. The molecule has 1 N–H and O–H groups in total. The van der Waals surface area contributed by atoms with Crippen LogP contribution in [0.15, 0.2) is 6.20 Å². The minimum atomic E-state index is 0.0659. The molecule has 4 heteroatoms. The Morgan fingerprint density at radius 1 is 1.69 bits per heavy atom. The summed E-state index contributed by atoms with van der Waals surface area (Å²) in [6, 6.07) is 0. The van der Waals surface area contributed by atoms with Gasteiger partial charge in [-0.2, -0.15) is 0 Å². The summed E-state index contributed by atoms with van der Waals surface area (Å²) >= 11 is 1.51. The van der Waals surface area contributed by atoms with Crippen LogP contribution in [-0.2, 0) is 4.79 Å². The van der Waals surface area contributed by atoms with Gasteiger partial charge in [0.05, 0.1) is 0 Å². The molecular formula is C9H14N2OS. The Morgan fingerprint density at radius 2 is 2.46 bits per heavy atom. The van der Waals surface area contributed by atoms with Gasteiger partial charge < -0.3 is 5.32 Å². The fourth-order valence-corrected chi connectivity index (χ4v) is 1.61. The second kappa shape index (κ2) is 4.97. The Morgan fingerprint density at radius 3 is 3.00 bits per heavy atom. The van der Waals surface area contributed by atoms with E-state index in [1.54, 1.807) is 6.20 Å². The van der Waals surface area contributed by atoms with E-state index in [0.29, 0.717) is 11.6 Å². The van der Waals surface area contributed by atoms with Gasteiger partial charge in [0.1, 0.15) is 0 Å². The van der Waals surface area contributed by atoms with Crippen LogP contribution in [-0.4, -0.2) is 10.9 Å². The monoisotopic (exact) mass is 198 g/mol. The topological polar surface area (TPSA) is 42.0 Å². The lowest BCUT2D eigenvalue weighted by Crippen LogP contribution is -2.10. The maximum Gasteiger partial charge on any atom is 0.226 e. The molecule has 0 radical (unpaired) electrons. The average molecular weight is 198 g/mol. The lowest BCUT2D eigenvalue weighted by molar-refractivity contribution is -0.116. The number of carbonyl (C=O) groups is 1. The molecule has 1 aromatic rings. The molecule has 1 aromatic heterocycles. The highest BCUT2D eigenvalue weighted by Gasteiger charge is 2.03. The Balaban J connectivity index is 2.36. The van der Waals surface area contributed by atoms with Crippen LogP contribution in [0.2, 0.25) is 0 Å². The minimum absolute atomic E-state index is 0.0659. The van der Waals surface area contributed by atoms with Crippen LogP contribution in [0.1, 0.15) is 31.1 Å². The second-order valence-electron chi connectivity index (χ2n) is 2.93. The molecule has 72 valence electrons. The highest BCUT2D eigenvalue weighted by atomic mass is 32.1. The lowest BCUT2D eigenvalue weighted by Gasteiger charge is -1.98. The maximum absolute atomic E-state index is 11.2. The van der Waals surface area contributed by atoms with Gasteiger partial charge in [0.2, 0.25) is 5.91 Å². The molecule has 1 amide bonds. The molecular weight excluding hydrogens is 184 g/mol. The van der Waals surface area contributed by atoms with Crippen molar-refractivity contribution in [3.05, 3.63) is 11.1 Å². The first-order valence-electron chi connectivity index (χ1n) is 4.44. The molecule has 0 saturated carbocycles. The van der Waals surface area contributed by atoms with Crippen molar-refractivity contribution in [1.29, 1.82) is 0 Å². The third-order valence-corrected chi connectivity index (χ3v) is 2.45. The fourth-order valence-electron chi connectivity index (χ4n) is 0.932. The van der Waals surface area contributed by atoms with Crippen LogP contribution < -0.4 is 5.32 Å². The summed E-state index contributed by atoms with van der Waals surface area (Å²) in [5.74, 6) is 0.0659.